The maximum absolute atomic E-state index is 5.99. The van der Waals surface area contributed by atoms with Gasteiger partial charge in [0.25, 0.3) is 0 Å². The predicted molar refractivity (Wildman–Crippen MR) is 87.1 cm³/mol. The van der Waals surface area contributed by atoms with Gasteiger partial charge < -0.3 is 14.5 Å². The number of nitrogens with zero attached hydrogens (tertiary/aromatic N) is 2. The van der Waals surface area contributed by atoms with Gasteiger partial charge in [-0.25, -0.2) is 0 Å². The molecule has 3 heterocycles. The molecule has 2 fully saturated rings. The van der Waals surface area contributed by atoms with Crippen LogP contribution in [0, 0.1) is 12.8 Å². The maximum Gasteiger partial charge on any atom is 0.117 e. The van der Waals surface area contributed by atoms with Crippen molar-refractivity contribution < 1.29 is 9.15 Å². The first-order valence-electron chi connectivity index (χ1n) is 8.55. The van der Waals surface area contributed by atoms with Gasteiger partial charge in [0.1, 0.15) is 17.6 Å². The lowest BCUT2D eigenvalue weighted by atomic mass is 10.0. The van der Waals surface area contributed by atoms with E-state index < -0.39 is 0 Å². The van der Waals surface area contributed by atoms with Crippen molar-refractivity contribution in [3.63, 3.8) is 0 Å². The fraction of sp³-hybridized carbons (Fsp3) is 0.611. The Kier molecular flexibility index (Phi) is 3.77. The van der Waals surface area contributed by atoms with Crippen molar-refractivity contribution in [1.82, 2.24) is 15.1 Å². The Morgan fingerprint density at radius 3 is 2.91 bits per heavy atom. The number of hydrogen-bond acceptors (Lipinski definition) is 4. The summed E-state index contributed by atoms with van der Waals surface area (Å²) < 4.78 is 13.8. The second-order valence-corrected chi connectivity index (χ2v) is 7.00. The first kappa shape index (κ1) is 15.0. The Morgan fingerprint density at radius 1 is 1.39 bits per heavy atom. The zero-order valence-corrected chi connectivity index (χ0v) is 14.1. The summed E-state index contributed by atoms with van der Waals surface area (Å²) >= 11 is 0. The lowest BCUT2D eigenvalue weighted by molar-refractivity contribution is 0.0975. The summed E-state index contributed by atoms with van der Waals surface area (Å²) in [6.45, 7) is 5.92. The van der Waals surface area contributed by atoms with Crippen LogP contribution in [0.2, 0.25) is 0 Å². The van der Waals surface area contributed by atoms with E-state index in [-0.39, 0.29) is 6.10 Å². The highest BCUT2D eigenvalue weighted by Crippen LogP contribution is 2.47. The minimum Gasteiger partial charge on any atom is -0.464 e. The molecule has 2 aromatic heterocycles. The molecule has 0 aromatic carbocycles. The Morgan fingerprint density at radius 2 is 2.22 bits per heavy atom. The smallest absolute Gasteiger partial charge is 0.117 e. The molecule has 4 rings (SSSR count). The molecule has 124 valence electrons. The van der Waals surface area contributed by atoms with Crippen LogP contribution in [0.15, 0.2) is 22.7 Å². The molecule has 1 saturated heterocycles. The molecule has 1 N–H and O–H groups in total. The van der Waals surface area contributed by atoms with Gasteiger partial charge in [-0.05, 0) is 37.8 Å². The molecule has 1 aliphatic carbocycles. The third-order valence-electron chi connectivity index (χ3n) is 5.37. The molecule has 5 nitrogen and oxygen atoms in total. The van der Waals surface area contributed by atoms with E-state index in [1.807, 2.05) is 17.9 Å². The van der Waals surface area contributed by atoms with E-state index in [1.165, 1.54) is 17.7 Å². The van der Waals surface area contributed by atoms with Gasteiger partial charge in [-0.2, -0.15) is 5.10 Å². The van der Waals surface area contributed by atoms with Crippen molar-refractivity contribution in [2.24, 2.45) is 13.0 Å². The maximum atomic E-state index is 5.99. The van der Waals surface area contributed by atoms with E-state index in [0.717, 1.165) is 37.0 Å². The fourth-order valence-corrected chi connectivity index (χ4v) is 3.54. The van der Waals surface area contributed by atoms with Crippen LogP contribution >= 0.6 is 0 Å². The summed E-state index contributed by atoms with van der Waals surface area (Å²) in [5, 5.41) is 7.95. The van der Waals surface area contributed by atoms with Gasteiger partial charge in [-0.15, -0.1) is 0 Å². The number of furan rings is 1. The van der Waals surface area contributed by atoms with Crippen molar-refractivity contribution in [3.05, 3.63) is 41.1 Å². The first-order chi connectivity index (χ1) is 11.1. The van der Waals surface area contributed by atoms with Crippen molar-refractivity contribution in [1.29, 1.82) is 0 Å². The molecule has 0 unspecified atom stereocenters. The van der Waals surface area contributed by atoms with E-state index in [1.54, 1.807) is 0 Å². The van der Waals surface area contributed by atoms with E-state index in [9.17, 15) is 0 Å². The molecule has 1 saturated carbocycles. The minimum atomic E-state index is 0.0848. The van der Waals surface area contributed by atoms with Gasteiger partial charge in [0.05, 0.1) is 12.7 Å². The molecule has 2 aliphatic rings. The van der Waals surface area contributed by atoms with Crippen LogP contribution in [0.1, 0.15) is 54.6 Å². The predicted octanol–water partition coefficient (Wildman–Crippen LogP) is 3.06. The second kappa shape index (κ2) is 5.80. The first-order valence-corrected chi connectivity index (χ1v) is 8.55. The molecule has 23 heavy (non-hydrogen) atoms. The molecule has 4 atom stereocenters. The van der Waals surface area contributed by atoms with Crippen LogP contribution in [0.4, 0.5) is 0 Å². The standard InChI is InChI=1S/C18H25N3O2/c1-11-8-14(11)17-5-4-13(23-17)9-19-16-6-7-22-18(16)15-10-20-21(3)12(15)2/h4-5,10-11,14,16,18-19H,6-9H2,1-3H3/t11-,14+,16+,18-/m1/s1. The number of aromatic nitrogens is 2. The fourth-order valence-electron chi connectivity index (χ4n) is 3.54. The summed E-state index contributed by atoms with van der Waals surface area (Å²) in [5.74, 6) is 3.59. The lowest BCUT2D eigenvalue weighted by Crippen LogP contribution is -2.31. The zero-order chi connectivity index (χ0) is 16.0. The highest BCUT2D eigenvalue weighted by atomic mass is 16.5. The molecule has 0 spiro atoms. The number of hydrogen-bond donors (Lipinski definition) is 1. The van der Waals surface area contributed by atoms with Gasteiger partial charge in [0, 0.05) is 36.9 Å². The Labute approximate surface area is 137 Å². The Bertz CT molecular complexity index is 690. The van der Waals surface area contributed by atoms with Crippen molar-refractivity contribution in [2.45, 2.75) is 51.3 Å². The topological polar surface area (TPSA) is 52.2 Å². The molecular formula is C18H25N3O2. The average Bonchev–Trinajstić information content (AvgIpc) is 2.93. The Balaban J connectivity index is 1.40. The van der Waals surface area contributed by atoms with Gasteiger partial charge >= 0.3 is 0 Å². The van der Waals surface area contributed by atoms with Gasteiger partial charge in [0.15, 0.2) is 0 Å². The molecule has 5 heteroatoms. The van der Waals surface area contributed by atoms with Gasteiger partial charge in [-0.1, -0.05) is 6.92 Å². The van der Waals surface area contributed by atoms with E-state index >= 15 is 0 Å². The summed E-state index contributed by atoms with van der Waals surface area (Å²) in [5.41, 5.74) is 2.36. The molecule has 2 aromatic rings. The number of aryl methyl sites for hydroxylation is 1. The molecule has 1 aliphatic heterocycles. The van der Waals surface area contributed by atoms with Crippen LogP contribution in [-0.4, -0.2) is 22.4 Å². The summed E-state index contributed by atoms with van der Waals surface area (Å²) in [6.07, 6.45) is 4.30. The minimum absolute atomic E-state index is 0.0848. The quantitative estimate of drug-likeness (QED) is 0.921. The molecule has 0 bridgehead atoms. The molecule has 0 amide bonds. The summed E-state index contributed by atoms with van der Waals surface area (Å²) in [6, 6.07) is 4.55. The van der Waals surface area contributed by atoms with Crippen LogP contribution in [0.25, 0.3) is 0 Å². The summed E-state index contributed by atoms with van der Waals surface area (Å²) in [4.78, 5) is 0. The average molecular weight is 315 g/mol. The van der Waals surface area contributed by atoms with Crippen molar-refractivity contribution in [2.75, 3.05) is 6.61 Å². The van der Waals surface area contributed by atoms with Crippen molar-refractivity contribution in [3.8, 4) is 0 Å². The van der Waals surface area contributed by atoms with Crippen LogP contribution in [0.5, 0.6) is 0 Å². The SMILES string of the molecule is Cc1c([C@H]2OCC[C@@H]2NCc2ccc([C@H]3C[C@H]3C)o2)cnn1C. The molecular weight excluding hydrogens is 290 g/mol. The van der Waals surface area contributed by atoms with E-state index in [2.05, 4.69) is 36.4 Å². The second-order valence-electron chi connectivity index (χ2n) is 7.00. The molecule has 0 radical (unpaired) electrons. The normalized spacial score (nSPS) is 30.0. The lowest BCUT2D eigenvalue weighted by Gasteiger charge is -2.19. The largest absolute Gasteiger partial charge is 0.464 e. The van der Waals surface area contributed by atoms with E-state index in [4.69, 9.17) is 9.15 Å². The van der Waals surface area contributed by atoms with Crippen molar-refractivity contribution >= 4 is 0 Å². The monoisotopic (exact) mass is 315 g/mol. The highest BCUT2D eigenvalue weighted by Gasteiger charge is 2.37. The number of ether oxygens (including phenoxy) is 1. The third kappa shape index (κ3) is 2.83. The zero-order valence-electron chi connectivity index (χ0n) is 14.1. The van der Waals surface area contributed by atoms with Crippen LogP contribution in [-0.2, 0) is 18.3 Å². The Hall–Kier alpha value is -1.59. The highest BCUT2D eigenvalue weighted by molar-refractivity contribution is 5.22. The third-order valence-corrected chi connectivity index (χ3v) is 5.37. The van der Waals surface area contributed by atoms with Crippen LogP contribution < -0.4 is 5.32 Å². The number of rotatable bonds is 5. The van der Waals surface area contributed by atoms with Gasteiger partial charge in [-0.3, -0.25) is 4.68 Å². The van der Waals surface area contributed by atoms with Gasteiger partial charge in [0.2, 0.25) is 0 Å². The van der Waals surface area contributed by atoms with E-state index in [0.29, 0.717) is 12.0 Å². The van der Waals surface area contributed by atoms with Crippen LogP contribution in [0.3, 0.4) is 0 Å². The number of nitrogens with one attached hydrogen (secondary N) is 1. The summed E-state index contributed by atoms with van der Waals surface area (Å²) in [7, 11) is 1.97.